The maximum Gasteiger partial charge on any atom is 0.262 e. The third-order valence-electron chi connectivity index (χ3n) is 4.60. The molecule has 0 radical (unpaired) electrons. The number of sulfonamides is 1. The number of phenolic OH excluding ortho intramolecular Hbond substituents is 1. The Hall–Kier alpha value is -3.92. The number of hydrogen-bond acceptors (Lipinski definition) is 7. The van der Waals surface area contributed by atoms with E-state index in [9.17, 15) is 18.3 Å². The Balaban J connectivity index is 1.86. The summed E-state index contributed by atoms with van der Waals surface area (Å²) in [5.74, 6) is 0.329. The third kappa shape index (κ3) is 5.47. The van der Waals surface area contributed by atoms with Crippen LogP contribution in [0.2, 0.25) is 0 Å². The highest BCUT2D eigenvalue weighted by atomic mass is 32.2. The molecule has 3 N–H and O–H groups in total. The summed E-state index contributed by atoms with van der Waals surface area (Å²) in [4.78, 5) is 12.6. The number of aromatic hydroxyl groups is 1. The van der Waals surface area contributed by atoms with Gasteiger partial charge in [0.15, 0.2) is 11.5 Å². The molecule has 3 aromatic rings. The van der Waals surface area contributed by atoms with Crippen molar-refractivity contribution in [3.05, 3.63) is 66.2 Å². The van der Waals surface area contributed by atoms with Gasteiger partial charge in [-0.15, -0.1) is 0 Å². The van der Waals surface area contributed by atoms with Crippen molar-refractivity contribution in [2.75, 3.05) is 30.9 Å². The van der Waals surface area contributed by atoms with Crippen LogP contribution in [0.1, 0.15) is 17.3 Å². The number of carbonyl (C=O) groups is 1. The van der Waals surface area contributed by atoms with Crippen molar-refractivity contribution in [2.45, 2.75) is 11.8 Å². The van der Waals surface area contributed by atoms with Crippen molar-refractivity contribution in [1.82, 2.24) is 0 Å². The molecule has 3 rings (SSSR count). The highest BCUT2D eigenvalue weighted by Crippen LogP contribution is 2.32. The summed E-state index contributed by atoms with van der Waals surface area (Å²) in [6, 6.07) is 14.7. The summed E-state index contributed by atoms with van der Waals surface area (Å²) in [7, 11) is -1.16. The SMILES string of the molecule is CCOc1ccc(C(=O)Nc2cc(S(=O)(=O)Nc3ccccc3OC)ccc2O)cc1OC. The number of carbonyl (C=O) groups excluding carboxylic acids is 1. The number of ether oxygens (including phenoxy) is 3. The molecule has 0 spiro atoms. The number of nitrogens with one attached hydrogen (secondary N) is 2. The van der Waals surface area contributed by atoms with Crippen LogP contribution >= 0.6 is 0 Å². The molecule has 0 aliphatic heterocycles. The first-order valence-corrected chi connectivity index (χ1v) is 11.4. The molecule has 0 aliphatic rings. The number of hydrogen-bond donors (Lipinski definition) is 3. The predicted molar refractivity (Wildman–Crippen MR) is 124 cm³/mol. The van der Waals surface area contributed by atoms with Crippen LogP contribution in [-0.2, 0) is 10.0 Å². The Kier molecular flexibility index (Phi) is 7.29. The molecule has 0 aliphatic carbocycles. The average Bonchev–Trinajstić information content (AvgIpc) is 2.80. The number of anilines is 2. The Morgan fingerprint density at radius 2 is 1.64 bits per heavy atom. The van der Waals surface area contributed by atoms with Gasteiger partial charge >= 0.3 is 0 Å². The largest absolute Gasteiger partial charge is 0.506 e. The van der Waals surface area contributed by atoms with Gasteiger partial charge in [-0.25, -0.2) is 8.42 Å². The van der Waals surface area contributed by atoms with Gasteiger partial charge in [0.2, 0.25) is 0 Å². The van der Waals surface area contributed by atoms with Crippen LogP contribution in [0.3, 0.4) is 0 Å². The fourth-order valence-electron chi connectivity index (χ4n) is 2.99. The highest BCUT2D eigenvalue weighted by Gasteiger charge is 2.20. The minimum Gasteiger partial charge on any atom is -0.506 e. The molecule has 174 valence electrons. The van der Waals surface area contributed by atoms with Crippen LogP contribution in [0.5, 0.6) is 23.0 Å². The smallest absolute Gasteiger partial charge is 0.262 e. The highest BCUT2D eigenvalue weighted by molar-refractivity contribution is 7.92. The monoisotopic (exact) mass is 472 g/mol. The lowest BCUT2D eigenvalue weighted by atomic mass is 10.1. The molecule has 1 amide bonds. The maximum absolute atomic E-state index is 12.9. The zero-order valence-corrected chi connectivity index (χ0v) is 19.1. The Labute approximate surface area is 192 Å². The first kappa shape index (κ1) is 23.7. The molecule has 0 fully saturated rings. The van der Waals surface area contributed by atoms with E-state index in [1.165, 1.54) is 38.5 Å². The Morgan fingerprint density at radius 1 is 0.909 bits per heavy atom. The lowest BCUT2D eigenvalue weighted by Gasteiger charge is -2.14. The summed E-state index contributed by atoms with van der Waals surface area (Å²) in [5, 5.41) is 12.7. The number of para-hydroxylation sites is 2. The van der Waals surface area contributed by atoms with Crippen LogP contribution in [0.15, 0.2) is 65.6 Å². The number of benzene rings is 3. The van der Waals surface area contributed by atoms with Gasteiger partial charge in [0, 0.05) is 5.56 Å². The fraction of sp³-hybridized carbons (Fsp3) is 0.174. The second kappa shape index (κ2) is 10.1. The lowest BCUT2D eigenvalue weighted by molar-refractivity contribution is 0.102. The summed E-state index contributed by atoms with van der Waals surface area (Å²) in [5.41, 5.74) is 0.408. The average molecular weight is 473 g/mol. The van der Waals surface area contributed by atoms with Gasteiger partial charge < -0.3 is 24.6 Å². The zero-order chi connectivity index (χ0) is 24.0. The molecule has 0 saturated carbocycles. The molecule has 3 aromatic carbocycles. The number of rotatable bonds is 9. The van der Waals surface area contributed by atoms with Gasteiger partial charge in [-0.3, -0.25) is 9.52 Å². The molecule has 0 saturated heterocycles. The summed E-state index contributed by atoms with van der Waals surface area (Å²) in [6.45, 7) is 2.26. The van der Waals surface area contributed by atoms with E-state index in [4.69, 9.17) is 14.2 Å². The molecule has 9 nitrogen and oxygen atoms in total. The van der Waals surface area contributed by atoms with E-state index >= 15 is 0 Å². The third-order valence-corrected chi connectivity index (χ3v) is 5.97. The molecule has 0 aromatic heterocycles. The van der Waals surface area contributed by atoms with Gasteiger partial charge in [-0.05, 0) is 55.5 Å². The molecule has 33 heavy (non-hydrogen) atoms. The molecule has 10 heteroatoms. The second-order valence-electron chi connectivity index (χ2n) is 6.74. The summed E-state index contributed by atoms with van der Waals surface area (Å²) in [6.07, 6.45) is 0. The Morgan fingerprint density at radius 3 is 2.33 bits per heavy atom. The van der Waals surface area contributed by atoms with Gasteiger partial charge in [-0.1, -0.05) is 12.1 Å². The van der Waals surface area contributed by atoms with Crippen LogP contribution < -0.4 is 24.2 Å². The van der Waals surface area contributed by atoms with Crippen molar-refractivity contribution in [3.63, 3.8) is 0 Å². The molecule has 0 atom stereocenters. The molecule has 0 heterocycles. The van der Waals surface area contributed by atoms with Gasteiger partial charge in [-0.2, -0.15) is 0 Å². The van der Waals surface area contributed by atoms with Gasteiger partial charge in [0.1, 0.15) is 11.5 Å². The molecular weight excluding hydrogens is 448 g/mol. The van der Waals surface area contributed by atoms with Crippen LogP contribution in [0.4, 0.5) is 11.4 Å². The summed E-state index contributed by atoms with van der Waals surface area (Å²) < 4.78 is 44.1. The normalized spacial score (nSPS) is 10.9. The van der Waals surface area contributed by atoms with E-state index in [0.717, 1.165) is 6.07 Å². The molecular formula is C23H24N2O7S. The molecule has 0 bridgehead atoms. The van der Waals surface area contributed by atoms with Crippen LogP contribution in [0, 0.1) is 0 Å². The fourth-order valence-corrected chi connectivity index (χ4v) is 4.09. The first-order valence-electron chi connectivity index (χ1n) is 9.90. The quantitative estimate of drug-likeness (QED) is 0.404. The van der Waals surface area contributed by atoms with Crippen molar-refractivity contribution in [1.29, 1.82) is 0 Å². The first-order chi connectivity index (χ1) is 15.8. The van der Waals surface area contributed by atoms with E-state index in [-0.39, 0.29) is 27.6 Å². The number of methoxy groups -OCH3 is 2. The van der Waals surface area contributed by atoms with E-state index in [1.807, 2.05) is 6.92 Å². The molecule has 0 unspecified atom stereocenters. The minimum atomic E-state index is -4.04. The van der Waals surface area contributed by atoms with E-state index in [1.54, 1.807) is 30.3 Å². The number of amides is 1. The maximum atomic E-state index is 12.9. The van der Waals surface area contributed by atoms with Crippen molar-refractivity contribution in [3.8, 4) is 23.0 Å². The van der Waals surface area contributed by atoms with Crippen molar-refractivity contribution >= 4 is 27.3 Å². The van der Waals surface area contributed by atoms with Crippen LogP contribution in [-0.4, -0.2) is 40.3 Å². The lowest BCUT2D eigenvalue weighted by Crippen LogP contribution is -2.15. The standard InChI is InChI=1S/C23H24N2O7S/c1-4-32-21-12-9-15(13-22(21)31-3)23(27)24-18-14-16(10-11-19(18)26)33(28,29)25-17-7-5-6-8-20(17)30-2/h5-14,25-26H,4H2,1-3H3,(H,24,27). The topological polar surface area (TPSA) is 123 Å². The zero-order valence-electron chi connectivity index (χ0n) is 18.3. The van der Waals surface area contributed by atoms with E-state index < -0.39 is 15.9 Å². The van der Waals surface area contributed by atoms with Gasteiger partial charge in [0.05, 0.1) is 37.1 Å². The minimum absolute atomic E-state index is 0.0734. The Bertz CT molecular complexity index is 1260. The van der Waals surface area contributed by atoms with Crippen molar-refractivity contribution < 1.29 is 32.5 Å². The van der Waals surface area contributed by atoms with Crippen LogP contribution in [0.25, 0.3) is 0 Å². The van der Waals surface area contributed by atoms with E-state index in [0.29, 0.717) is 23.9 Å². The van der Waals surface area contributed by atoms with Crippen molar-refractivity contribution in [2.24, 2.45) is 0 Å². The predicted octanol–water partition coefficient (Wildman–Crippen LogP) is 3.86. The van der Waals surface area contributed by atoms with Gasteiger partial charge in [0.25, 0.3) is 15.9 Å². The number of phenols is 1. The summed E-state index contributed by atoms with van der Waals surface area (Å²) >= 11 is 0. The van der Waals surface area contributed by atoms with E-state index in [2.05, 4.69) is 10.0 Å². The second-order valence-corrected chi connectivity index (χ2v) is 8.42.